The van der Waals surface area contributed by atoms with Gasteiger partial charge in [-0.05, 0) is 49.3 Å². The Balaban J connectivity index is 1.76. The first-order valence-corrected chi connectivity index (χ1v) is 9.40. The molecule has 1 saturated heterocycles. The molecule has 1 amide bonds. The quantitative estimate of drug-likeness (QED) is 0.453. The van der Waals surface area contributed by atoms with Crippen LogP contribution < -0.4 is 14.8 Å². The number of benzene rings is 1. The van der Waals surface area contributed by atoms with Gasteiger partial charge in [-0.1, -0.05) is 11.6 Å². The van der Waals surface area contributed by atoms with E-state index in [2.05, 4.69) is 5.32 Å². The zero-order chi connectivity index (χ0) is 18.5. The first kappa shape index (κ1) is 18.9. The van der Waals surface area contributed by atoms with E-state index in [0.29, 0.717) is 60.3 Å². The van der Waals surface area contributed by atoms with Crippen molar-refractivity contribution in [2.24, 2.45) is 0 Å². The Labute approximate surface area is 163 Å². The van der Waals surface area contributed by atoms with Gasteiger partial charge in [0.25, 0.3) is 5.91 Å². The molecular weight excluding hydrogens is 376 g/mol. The summed E-state index contributed by atoms with van der Waals surface area (Å²) in [6.45, 7) is 4.85. The first-order chi connectivity index (χ1) is 12.6. The normalized spacial score (nSPS) is 18.2. The zero-order valence-electron chi connectivity index (χ0n) is 14.5. The molecule has 6 nitrogen and oxygen atoms in total. The van der Waals surface area contributed by atoms with E-state index in [9.17, 15) is 4.79 Å². The molecule has 2 heterocycles. The highest BCUT2D eigenvalue weighted by Gasteiger charge is 2.30. The minimum Gasteiger partial charge on any atom is -0.489 e. The van der Waals surface area contributed by atoms with Gasteiger partial charge in [0.05, 0.1) is 18.2 Å². The molecule has 0 atom stereocenters. The van der Waals surface area contributed by atoms with Crippen molar-refractivity contribution in [3.8, 4) is 11.5 Å². The van der Waals surface area contributed by atoms with Crippen LogP contribution in [0.4, 0.5) is 0 Å². The number of nitrogens with one attached hydrogen (secondary N) is 1. The summed E-state index contributed by atoms with van der Waals surface area (Å²) in [5, 5.41) is 3.83. The molecule has 0 radical (unpaired) electrons. The predicted molar refractivity (Wildman–Crippen MR) is 104 cm³/mol. The number of hydrogen-bond donors (Lipinski definition) is 1. The second kappa shape index (κ2) is 8.70. The van der Waals surface area contributed by atoms with E-state index in [-0.39, 0.29) is 5.91 Å². The van der Waals surface area contributed by atoms with Crippen molar-refractivity contribution in [1.29, 1.82) is 0 Å². The number of ether oxygens (including phenoxy) is 3. The molecule has 0 aromatic heterocycles. The van der Waals surface area contributed by atoms with Gasteiger partial charge in [-0.3, -0.25) is 9.69 Å². The minimum absolute atomic E-state index is 0.158. The van der Waals surface area contributed by atoms with Gasteiger partial charge in [-0.2, -0.15) is 0 Å². The smallest absolute Gasteiger partial charge is 0.276 e. The van der Waals surface area contributed by atoms with Gasteiger partial charge < -0.3 is 19.5 Å². The number of nitrogens with zero attached hydrogens (tertiary/aromatic N) is 1. The van der Waals surface area contributed by atoms with E-state index in [1.807, 2.05) is 13.0 Å². The number of carbonyl (C=O) groups excluding carboxylic acids is 1. The highest BCUT2D eigenvalue weighted by atomic mass is 35.5. The van der Waals surface area contributed by atoms with Gasteiger partial charge in [0, 0.05) is 26.2 Å². The molecule has 2 aliphatic heterocycles. The summed E-state index contributed by atoms with van der Waals surface area (Å²) in [5.41, 5.74) is 1.16. The van der Waals surface area contributed by atoms with Crippen LogP contribution in [0, 0.1) is 0 Å². The molecule has 1 aromatic carbocycles. The monoisotopic (exact) mass is 396 g/mol. The van der Waals surface area contributed by atoms with Crippen LogP contribution >= 0.6 is 23.8 Å². The van der Waals surface area contributed by atoms with Crippen molar-refractivity contribution in [3.05, 3.63) is 28.4 Å². The second-order valence-electron chi connectivity index (χ2n) is 5.88. The van der Waals surface area contributed by atoms with Crippen LogP contribution in [-0.4, -0.2) is 48.9 Å². The van der Waals surface area contributed by atoms with E-state index in [1.54, 1.807) is 17.0 Å². The molecule has 0 spiro atoms. The van der Waals surface area contributed by atoms with Crippen LogP contribution in [0.15, 0.2) is 17.8 Å². The molecule has 1 N–H and O–H groups in total. The summed E-state index contributed by atoms with van der Waals surface area (Å²) in [7, 11) is 0. The predicted octanol–water partition coefficient (Wildman–Crippen LogP) is 2.99. The molecule has 0 saturated carbocycles. The summed E-state index contributed by atoms with van der Waals surface area (Å²) in [6.07, 6.45) is 3.24. The van der Waals surface area contributed by atoms with E-state index < -0.39 is 0 Å². The molecule has 26 heavy (non-hydrogen) atoms. The number of rotatable bonds is 6. The van der Waals surface area contributed by atoms with E-state index >= 15 is 0 Å². The van der Waals surface area contributed by atoms with Crippen LogP contribution in [-0.2, 0) is 9.53 Å². The highest BCUT2D eigenvalue weighted by molar-refractivity contribution is 7.80. The Hall–Kier alpha value is -1.83. The average Bonchev–Trinajstić information content (AvgIpc) is 2.79. The fourth-order valence-electron chi connectivity index (χ4n) is 2.74. The third-order valence-corrected chi connectivity index (χ3v) is 4.58. The molecule has 0 aliphatic carbocycles. The largest absolute Gasteiger partial charge is 0.489 e. The summed E-state index contributed by atoms with van der Waals surface area (Å²) in [5.74, 6) is 0.975. The molecule has 140 valence electrons. The number of fused-ring (bicyclic) bond motifs is 1. The molecule has 1 fully saturated rings. The Morgan fingerprint density at radius 3 is 3.00 bits per heavy atom. The molecule has 1 aromatic rings. The minimum atomic E-state index is -0.158. The van der Waals surface area contributed by atoms with Gasteiger partial charge in [-0.15, -0.1) is 0 Å². The molecule has 2 aliphatic rings. The summed E-state index contributed by atoms with van der Waals surface area (Å²) in [4.78, 5) is 14.1. The lowest BCUT2D eigenvalue weighted by atomic mass is 10.1. The molecule has 0 unspecified atom stereocenters. The van der Waals surface area contributed by atoms with Crippen molar-refractivity contribution in [1.82, 2.24) is 10.2 Å². The third kappa shape index (κ3) is 4.28. The molecule has 3 rings (SSSR count). The van der Waals surface area contributed by atoms with Crippen LogP contribution in [0.25, 0.3) is 6.08 Å². The van der Waals surface area contributed by atoms with Gasteiger partial charge in [0.2, 0.25) is 0 Å². The third-order valence-electron chi connectivity index (χ3n) is 3.97. The molecule has 8 heteroatoms. The van der Waals surface area contributed by atoms with Crippen molar-refractivity contribution in [3.63, 3.8) is 0 Å². The summed E-state index contributed by atoms with van der Waals surface area (Å²) in [6, 6.07) is 3.56. The van der Waals surface area contributed by atoms with E-state index in [4.69, 9.17) is 38.0 Å². The number of hydrogen-bond acceptors (Lipinski definition) is 5. The first-order valence-electron chi connectivity index (χ1n) is 8.61. The topological polar surface area (TPSA) is 60.0 Å². The molecular formula is C18H21ClN2O4S. The fraction of sp³-hybridized carbons (Fsp3) is 0.444. The number of carbonyl (C=O) groups is 1. The van der Waals surface area contributed by atoms with Crippen molar-refractivity contribution >= 4 is 40.9 Å². The van der Waals surface area contributed by atoms with Crippen molar-refractivity contribution < 1.29 is 19.0 Å². The van der Waals surface area contributed by atoms with Gasteiger partial charge in [0.15, 0.2) is 16.6 Å². The fourth-order valence-corrected chi connectivity index (χ4v) is 3.30. The van der Waals surface area contributed by atoms with E-state index in [1.165, 1.54) is 0 Å². The maximum atomic E-state index is 12.6. The second-order valence-corrected chi connectivity index (χ2v) is 6.67. The van der Waals surface area contributed by atoms with Crippen molar-refractivity contribution in [2.45, 2.75) is 19.8 Å². The SMILES string of the molecule is CCOCCCN1C(=O)/C(=C\c2cc(Cl)c3c(c2)OCCCO3)NC1=S. The Morgan fingerprint density at radius 2 is 2.19 bits per heavy atom. The van der Waals surface area contributed by atoms with Crippen molar-refractivity contribution in [2.75, 3.05) is 33.0 Å². The maximum Gasteiger partial charge on any atom is 0.276 e. The van der Waals surface area contributed by atoms with E-state index in [0.717, 1.165) is 18.4 Å². The highest BCUT2D eigenvalue weighted by Crippen LogP contribution is 2.38. The average molecular weight is 397 g/mol. The molecule has 0 bridgehead atoms. The summed E-state index contributed by atoms with van der Waals surface area (Å²) >= 11 is 11.6. The van der Waals surface area contributed by atoms with Crippen LogP contribution in [0.1, 0.15) is 25.3 Å². The number of thiocarbonyl (C=S) groups is 1. The maximum absolute atomic E-state index is 12.6. The lowest BCUT2D eigenvalue weighted by Gasteiger charge is -2.13. The lowest BCUT2D eigenvalue weighted by molar-refractivity contribution is -0.122. The Bertz CT molecular complexity index is 738. The van der Waals surface area contributed by atoms with Crippen LogP contribution in [0.5, 0.6) is 11.5 Å². The standard InChI is InChI=1S/C18H21ClN2O4S/c1-2-23-6-3-5-21-17(22)14(20-18(21)26)10-12-9-13(19)16-15(11-12)24-7-4-8-25-16/h9-11H,2-8H2,1H3,(H,20,26)/b14-10+. The van der Waals surface area contributed by atoms with Crippen LogP contribution in [0.2, 0.25) is 5.02 Å². The number of halogens is 1. The van der Waals surface area contributed by atoms with Gasteiger partial charge in [-0.25, -0.2) is 0 Å². The van der Waals surface area contributed by atoms with Gasteiger partial charge >= 0.3 is 0 Å². The zero-order valence-corrected chi connectivity index (χ0v) is 16.1. The van der Waals surface area contributed by atoms with Gasteiger partial charge in [0.1, 0.15) is 5.70 Å². The Morgan fingerprint density at radius 1 is 1.38 bits per heavy atom. The lowest BCUT2D eigenvalue weighted by Crippen LogP contribution is -2.32. The number of amides is 1. The Kier molecular flexibility index (Phi) is 6.34. The summed E-state index contributed by atoms with van der Waals surface area (Å²) < 4.78 is 16.6. The van der Waals surface area contributed by atoms with Crippen LogP contribution in [0.3, 0.4) is 0 Å².